The first kappa shape index (κ1) is 15.8. The third-order valence-corrected chi connectivity index (χ3v) is 5.11. The smallest absolute Gasteiger partial charge is 0.198 e. The summed E-state index contributed by atoms with van der Waals surface area (Å²) in [5.74, 6) is 1.46. The average molecular weight is 386 g/mol. The van der Waals surface area contributed by atoms with Crippen LogP contribution in [0.2, 0.25) is 0 Å². The number of oxazole rings is 1. The van der Waals surface area contributed by atoms with Crippen LogP contribution >= 0.6 is 15.9 Å². The van der Waals surface area contributed by atoms with Crippen molar-refractivity contribution in [3.05, 3.63) is 58.5 Å². The highest BCUT2D eigenvalue weighted by atomic mass is 79.9. The highest BCUT2D eigenvalue weighted by molar-refractivity contribution is 9.10. The fourth-order valence-electron chi connectivity index (χ4n) is 3.36. The molecule has 24 heavy (non-hydrogen) atoms. The number of nitrogens with zero attached hydrogens (tertiary/aromatic N) is 3. The zero-order valence-electron chi connectivity index (χ0n) is 13.5. The lowest BCUT2D eigenvalue weighted by atomic mass is 9.93. The number of pyridine rings is 1. The summed E-state index contributed by atoms with van der Waals surface area (Å²) in [6, 6.07) is 12.6. The molecule has 1 aliphatic heterocycles. The second kappa shape index (κ2) is 7.03. The number of hydrogen-bond acceptors (Lipinski definition) is 4. The lowest BCUT2D eigenvalue weighted by molar-refractivity contribution is 0.173. The summed E-state index contributed by atoms with van der Waals surface area (Å²) in [6.45, 7) is 3.33. The van der Waals surface area contributed by atoms with Crippen LogP contribution in [0, 0.1) is 5.92 Å². The largest absolute Gasteiger partial charge is 0.439 e. The molecule has 3 aromatic rings. The van der Waals surface area contributed by atoms with Gasteiger partial charge in [0.1, 0.15) is 0 Å². The van der Waals surface area contributed by atoms with Gasteiger partial charge in [-0.05, 0) is 53.3 Å². The van der Waals surface area contributed by atoms with E-state index in [0.29, 0.717) is 11.6 Å². The molecule has 1 aromatic carbocycles. The molecule has 0 spiro atoms. The molecular weight excluding hydrogens is 366 g/mol. The Morgan fingerprint density at radius 1 is 1.17 bits per heavy atom. The van der Waals surface area contributed by atoms with Crippen molar-refractivity contribution in [2.24, 2.45) is 5.92 Å². The molecule has 1 fully saturated rings. The molecular formula is C19H20BrN3O. The van der Waals surface area contributed by atoms with Crippen LogP contribution in [0.15, 0.2) is 51.5 Å². The highest BCUT2D eigenvalue weighted by Gasteiger charge is 2.21. The summed E-state index contributed by atoms with van der Waals surface area (Å²) in [7, 11) is 0. The summed E-state index contributed by atoms with van der Waals surface area (Å²) >= 11 is 3.42. The molecule has 0 aliphatic carbocycles. The standard InChI is InChI=1S/C19H20BrN3O/c20-16-11-17-19(21-12-16)22-18(24-17)10-14-6-8-23(9-7-14)13-15-4-2-1-3-5-15/h1-5,11-12,14H,6-10,13H2. The van der Waals surface area contributed by atoms with Crippen LogP contribution in [0.1, 0.15) is 24.3 Å². The Morgan fingerprint density at radius 3 is 2.75 bits per heavy atom. The molecule has 4 rings (SSSR count). The number of piperidine rings is 1. The maximum Gasteiger partial charge on any atom is 0.198 e. The van der Waals surface area contributed by atoms with Gasteiger partial charge >= 0.3 is 0 Å². The van der Waals surface area contributed by atoms with Crippen molar-refractivity contribution in [1.82, 2.24) is 14.9 Å². The van der Waals surface area contributed by atoms with E-state index in [-0.39, 0.29) is 0 Å². The van der Waals surface area contributed by atoms with Crippen LogP contribution in [0.3, 0.4) is 0 Å². The van der Waals surface area contributed by atoms with Crippen molar-refractivity contribution in [1.29, 1.82) is 0 Å². The number of rotatable bonds is 4. The van der Waals surface area contributed by atoms with Crippen molar-refractivity contribution in [3.63, 3.8) is 0 Å². The van der Waals surface area contributed by atoms with E-state index in [2.05, 4.69) is 61.1 Å². The second-order valence-corrected chi connectivity index (χ2v) is 7.41. The van der Waals surface area contributed by atoms with Gasteiger partial charge in [-0.15, -0.1) is 0 Å². The predicted octanol–water partition coefficient (Wildman–Crippen LogP) is 4.44. The SMILES string of the molecule is Brc1cnc2nc(CC3CCN(Cc4ccccc4)CC3)oc2c1. The molecule has 0 unspecified atom stereocenters. The third kappa shape index (κ3) is 3.68. The summed E-state index contributed by atoms with van der Waals surface area (Å²) in [4.78, 5) is 11.4. The van der Waals surface area contributed by atoms with Crippen molar-refractivity contribution in [2.75, 3.05) is 13.1 Å². The normalized spacial score (nSPS) is 16.7. The molecule has 2 aromatic heterocycles. The lowest BCUT2D eigenvalue weighted by Crippen LogP contribution is -2.33. The molecule has 4 nitrogen and oxygen atoms in total. The maximum absolute atomic E-state index is 5.86. The molecule has 0 atom stereocenters. The Labute approximate surface area is 150 Å². The molecule has 124 valence electrons. The van der Waals surface area contributed by atoms with E-state index < -0.39 is 0 Å². The first-order chi connectivity index (χ1) is 11.8. The molecule has 3 heterocycles. The molecule has 5 heteroatoms. The topological polar surface area (TPSA) is 42.2 Å². The first-order valence-electron chi connectivity index (χ1n) is 8.43. The molecule has 0 amide bonds. The first-order valence-corrected chi connectivity index (χ1v) is 9.23. The lowest BCUT2D eigenvalue weighted by Gasteiger charge is -2.31. The van der Waals surface area contributed by atoms with E-state index in [1.165, 1.54) is 18.4 Å². The van der Waals surface area contributed by atoms with Crippen LogP contribution in [0.4, 0.5) is 0 Å². The van der Waals surface area contributed by atoms with Gasteiger partial charge < -0.3 is 4.42 Å². The predicted molar refractivity (Wildman–Crippen MR) is 97.7 cm³/mol. The highest BCUT2D eigenvalue weighted by Crippen LogP contribution is 2.25. The third-order valence-electron chi connectivity index (χ3n) is 4.68. The Morgan fingerprint density at radius 2 is 1.96 bits per heavy atom. The number of benzene rings is 1. The molecule has 0 bridgehead atoms. The Bertz CT molecular complexity index is 810. The van der Waals surface area contributed by atoms with Gasteiger partial charge in [0.25, 0.3) is 0 Å². The van der Waals surface area contributed by atoms with Crippen molar-refractivity contribution >= 4 is 27.2 Å². The zero-order valence-corrected chi connectivity index (χ0v) is 15.1. The fourth-order valence-corrected chi connectivity index (χ4v) is 3.68. The molecule has 0 N–H and O–H groups in total. The fraction of sp³-hybridized carbons (Fsp3) is 0.368. The van der Waals surface area contributed by atoms with E-state index in [1.807, 2.05) is 6.07 Å². The Kier molecular flexibility index (Phi) is 4.63. The van der Waals surface area contributed by atoms with E-state index in [4.69, 9.17) is 4.42 Å². The summed E-state index contributed by atoms with van der Waals surface area (Å²) in [6.07, 6.45) is 5.06. The van der Waals surface area contributed by atoms with Gasteiger partial charge in [0.2, 0.25) is 0 Å². The van der Waals surface area contributed by atoms with Gasteiger partial charge in [0.05, 0.1) is 0 Å². The number of fused-ring (bicyclic) bond motifs is 1. The van der Waals surface area contributed by atoms with E-state index in [9.17, 15) is 0 Å². The van der Waals surface area contributed by atoms with E-state index in [0.717, 1.165) is 42.0 Å². The maximum atomic E-state index is 5.86. The number of halogens is 1. The number of hydrogen-bond donors (Lipinski definition) is 0. The van der Waals surface area contributed by atoms with Crippen LogP contribution < -0.4 is 0 Å². The van der Waals surface area contributed by atoms with Crippen LogP contribution in [-0.4, -0.2) is 28.0 Å². The minimum absolute atomic E-state index is 0.647. The van der Waals surface area contributed by atoms with Crippen LogP contribution in [-0.2, 0) is 13.0 Å². The second-order valence-electron chi connectivity index (χ2n) is 6.49. The van der Waals surface area contributed by atoms with Gasteiger partial charge in [-0.3, -0.25) is 4.90 Å². The van der Waals surface area contributed by atoms with Crippen molar-refractivity contribution in [2.45, 2.75) is 25.8 Å². The molecule has 0 radical (unpaired) electrons. The van der Waals surface area contributed by atoms with Gasteiger partial charge in [-0.1, -0.05) is 30.3 Å². The molecule has 1 aliphatic rings. The summed E-state index contributed by atoms with van der Waals surface area (Å²) in [5, 5.41) is 0. The number of aromatic nitrogens is 2. The van der Waals surface area contributed by atoms with Crippen molar-refractivity contribution < 1.29 is 4.42 Å². The van der Waals surface area contributed by atoms with Crippen molar-refractivity contribution in [3.8, 4) is 0 Å². The minimum Gasteiger partial charge on any atom is -0.439 e. The summed E-state index contributed by atoms with van der Waals surface area (Å²) in [5.41, 5.74) is 2.86. The van der Waals surface area contributed by atoms with E-state index >= 15 is 0 Å². The number of likely N-dealkylation sites (tertiary alicyclic amines) is 1. The minimum atomic E-state index is 0.647. The van der Waals surface area contributed by atoms with Gasteiger partial charge in [0, 0.05) is 29.7 Å². The molecule has 1 saturated heterocycles. The van der Waals surface area contributed by atoms with Gasteiger partial charge in [-0.2, -0.15) is 4.98 Å². The van der Waals surface area contributed by atoms with Gasteiger partial charge in [-0.25, -0.2) is 4.98 Å². The Hall–Kier alpha value is -1.72. The van der Waals surface area contributed by atoms with Crippen LogP contribution in [0.5, 0.6) is 0 Å². The monoisotopic (exact) mass is 385 g/mol. The summed E-state index contributed by atoms with van der Waals surface area (Å²) < 4.78 is 6.78. The Balaban J connectivity index is 1.34. The van der Waals surface area contributed by atoms with Gasteiger partial charge in [0.15, 0.2) is 17.1 Å². The van der Waals surface area contributed by atoms with E-state index in [1.54, 1.807) is 6.20 Å². The molecule has 0 saturated carbocycles. The zero-order chi connectivity index (χ0) is 16.4. The average Bonchev–Trinajstić information content (AvgIpc) is 2.99. The quantitative estimate of drug-likeness (QED) is 0.665. The van der Waals surface area contributed by atoms with Crippen LogP contribution in [0.25, 0.3) is 11.2 Å².